The van der Waals surface area contributed by atoms with Gasteiger partial charge in [-0.3, -0.25) is 4.79 Å². The highest BCUT2D eigenvalue weighted by molar-refractivity contribution is 6.64. The minimum Gasteiger partial charge on any atom is -0.281 e. The molecule has 0 saturated heterocycles. The standard InChI is InChI=1S/C8H11ClO/c1-4-5-6(7(9)10)8(5,2)3/h4-6H,1H2,2-3H3/t5-,6-/m0/s1. The Morgan fingerprint density at radius 2 is 2.20 bits per heavy atom. The van der Waals surface area contributed by atoms with Crippen LogP contribution in [0.1, 0.15) is 13.8 Å². The summed E-state index contributed by atoms with van der Waals surface area (Å²) in [6, 6.07) is 0. The molecule has 1 rings (SSSR count). The van der Waals surface area contributed by atoms with E-state index in [0.29, 0.717) is 0 Å². The first-order valence-electron chi connectivity index (χ1n) is 3.33. The molecule has 0 aromatic heterocycles. The van der Waals surface area contributed by atoms with Gasteiger partial charge in [-0.1, -0.05) is 19.9 Å². The Bertz CT molecular complexity index is 184. The molecule has 0 heterocycles. The van der Waals surface area contributed by atoms with Crippen molar-refractivity contribution in [3.63, 3.8) is 0 Å². The summed E-state index contributed by atoms with van der Waals surface area (Å²) >= 11 is 5.35. The minimum atomic E-state index is -0.227. The van der Waals surface area contributed by atoms with Crippen LogP contribution in [0.2, 0.25) is 0 Å². The van der Waals surface area contributed by atoms with E-state index in [2.05, 4.69) is 6.58 Å². The molecule has 2 heteroatoms. The smallest absolute Gasteiger partial charge is 0.225 e. The molecular weight excluding hydrogens is 148 g/mol. The van der Waals surface area contributed by atoms with Gasteiger partial charge in [0, 0.05) is 5.92 Å². The fraction of sp³-hybridized carbons (Fsp3) is 0.625. The van der Waals surface area contributed by atoms with Crippen molar-refractivity contribution >= 4 is 16.8 Å². The topological polar surface area (TPSA) is 17.1 Å². The molecule has 1 saturated carbocycles. The van der Waals surface area contributed by atoms with Gasteiger partial charge in [-0.25, -0.2) is 0 Å². The van der Waals surface area contributed by atoms with E-state index >= 15 is 0 Å². The van der Waals surface area contributed by atoms with Crippen molar-refractivity contribution in [2.45, 2.75) is 13.8 Å². The summed E-state index contributed by atoms with van der Waals surface area (Å²) in [7, 11) is 0. The van der Waals surface area contributed by atoms with Gasteiger partial charge in [-0.05, 0) is 22.9 Å². The lowest BCUT2D eigenvalue weighted by Crippen LogP contribution is -1.96. The summed E-state index contributed by atoms with van der Waals surface area (Å²) in [6.45, 7) is 7.70. The molecule has 0 radical (unpaired) electrons. The van der Waals surface area contributed by atoms with E-state index < -0.39 is 0 Å². The average molecular weight is 159 g/mol. The van der Waals surface area contributed by atoms with Crippen LogP contribution in [-0.2, 0) is 4.79 Å². The number of hydrogen-bond acceptors (Lipinski definition) is 1. The van der Waals surface area contributed by atoms with E-state index in [4.69, 9.17) is 11.6 Å². The molecule has 0 aromatic rings. The van der Waals surface area contributed by atoms with Crippen molar-refractivity contribution in [3.8, 4) is 0 Å². The molecule has 56 valence electrons. The zero-order valence-corrected chi connectivity index (χ0v) is 6.98. The third kappa shape index (κ3) is 0.891. The highest BCUT2D eigenvalue weighted by Gasteiger charge is 2.59. The van der Waals surface area contributed by atoms with E-state index in [1.54, 1.807) is 0 Å². The molecule has 0 aliphatic heterocycles. The van der Waals surface area contributed by atoms with E-state index in [0.717, 1.165) is 0 Å². The summed E-state index contributed by atoms with van der Waals surface area (Å²) < 4.78 is 0. The number of carbonyl (C=O) groups excluding carboxylic acids is 1. The van der Waals surface area contributed by atoms with Gasteiger partial charge in [0.05, 0.1) is 0 Å². The SMILES string of the molecule is C=C[C@H]1[C@@H](C(=O)Cl)C1(C)C. The Morgan fingerprint density at radius 1 is 1.70 bits per heavy atom. The van der Waals surface area contributed by atoms with Gasteiger partial charge >= 0.3 is 0 Å². The van der Waals surface area contributed by atoms with Crippen LogP contribution in [-0.4, -0.2) is 5.24 Å². The maximum atomic E-state index is 10.7. The van der Waals surface area contributed by atoms with Crippen LogP contribution < -0.4 is 0 Å². The first-order valence-corrected chi connectivity index (χ1v) is 3.71. The first-order chi connectivity index (χ1) is 4.51. The van der Waals surface area contributed by atoms with E-state index in [9.17, 15) is 4.79 Å². The third-order valence-corrected chi connectivity index (χ3v) is 2.64. The Balaban J connectivity index is 2.70. The van der Waals surface area contributed by atoms with E-state index in [1.165, 1.54) is 0 Å². The molecule has 1 nitrogen and oxygen atoms in total. The fourth-order valence-electron chi connectivity index (χ4n) is 1.55. The Kier molecular flexibility index (Phi) is 1.63. The molecule has 10 heavy (non-hydrogen) atoms. The molecule has 0 amide bonds. The lowest BCUT2D eigenvalue weighted by molar-refractivity contribution is -0.113. The molecule has 0 aromatic carbocycles. The van der Waals surface area contributed by atoms with Crippen LogP contribution in [0.15, 0.2) is 12.7 Å². The maximum absolute atomic E-state index is 10.7. The van der Waals surface area contributed by atoms with Gasteiger partial charge in [-0.2, -0.15) is 0 Å². The summed E-state index contributed by atoms with van der Waals surface area (Å²) in [4.78, 5) is 10.7. The monoisotopic (exact) mass is 158 g/mol. The largest absolute Gasteiger partial charge is 0.281 e. The van der Waals surface area contributed by atoms with Gasteiger partial charge < -0.3 is 0 Å². The second-order valence-corrected chi connectivity index (χ2v) is 3.74. The molecule has 1 aliphatic carbocycles. The van der Waals surface area contributed by atoms with Crippen LogP contribution in [0, 0.1) is 17.3 Å². The molecule has 0 N–H and O–H groups in total. The van der Waals surface area contributed by atoms with Crippen molar-refractivity contribution in [2.24, 2.45) is 17.3 Å². The molecule has 1 fully saturated rings. The van der Waals surface area contributed by atoms with Crippen molar-refractivity contribution in [2.75, 3.05) is 0 Å². The van der Waals surface area contributed by atoms with Crippen molar-refractivity contribution < 1.29 is 4.79 Å². The van der Waals surface area contributed by atoms with E-state index in [-0.39, 0.29) is 22.5 Å². The van der Waals surface area contributed by atoms with Gasteiger partial charge in [0.1, 0.15) is 0 Å². The predicted octanol–water partition coefficient (Wildman–Crippen LogP) is 2.21. The quantitative estimate of drug-likeness (QED) is 0.445. The van der Waals surface area contributed by atoms with Crippen molar-refractivity contribution in [3.05, 3.63) is 12.7 Å². The number of rotatable bonds is 2. The third-order valence-electron chi connectivity index (χ3n) is 2.41. The summed E-state index contributed by atoms with van der Waals surface area (Å²) in [5, 5.41) is -0.227. The Morgan fingerprint density at radius 3 is 2.30 bits per heavy atom. The number of halogens is 1. The van der Waals surface area contributed by atoms with Crippen LogP contribution >= 0.6 is 11.6 Å². The summed E-state index contributed by atoms with van der Waals surface area (Å²) in [5.41, 5.74) is 0.0561. The van der Waals surface area contributed by atoms with Gasteiger partial charge in [-0.15, -0.1) is 6.58 Å². The van der Waals surface area contributed by atoms with Crippen molar-refractivity contribution in [1.29, 1.82) is 0 Å². The first kappa shape index (κ1) is 7.80. The number of carbonyl (C=O) groups is 1. The summed E-state index contributed by atoms with van der Waals surface area (Å²) in [5.74, 6) is 0.296. The molecular formula is C8H11ClO. The van der Waals surface area contributed by atoms with Gasteiger partial charge in [0.2, 0.25) is 5.24 Å². The Labute approximate surface area is 66.1 Å². The molecule has 0 unspecified atom stereocenters. The summed E-state index contributed by atoms with van der Waals surface area (Å²) in [6.07, 6.45) is 1.81. The second-order valence-electron chi connectivity index (χ2n) is 3.36. The zero-order valence-electron chi connectivity index (χ0n) is 6.23. The van der Waals surface area contributed by atoms with Gasteiger partial charge in [0.15, 0.2) is 0 Å². The lowest BCUT2D eigenvalue weighted by Gasteiger charge is -1.95. The number of hydrogen-bond donors (Lipinski definition) is 0. The number of allylic oxidation sites excluding steroid dienone is 1. The van der Waals surface area contributed by atoms with Crippen LogP contribution in [0.3, 0.4) is 0 Å². The molecule has 0 bridgehead atoms. The molecule has 2 atom stereocenters. The van der Waals surface area contributed by atoms with Gasteiger partial charge in [0.25, 0.3) is 0 Å². The highest BCUT2D eigenvalue weighted by Crippen LogP contribution is 2.59. The second kappa shape index (κ2) is 2.09. The average Bonchev–Trinajstić information content (AvgIpc) is 2.33. The highest BCUT2D eigenvalue weighted by atomic mass is 35.5. The fourth-order valence-corrected chi connectivity index (χ4v) is 1.97. The van der Waals surface area contributed by atoms with E-state index in [1.807, 2.05) is 19.9 Å². The molecule has 1 aliphatic rings. The Hall–Kier alpha value is -0.300. The molecule has 0 spiro atoms. The van der Waals surface area contributed by atoms with Crippen LogP contribution in [0.25, 0.3) is 0 Å². The lowest BCUT2D eigenvalue weighted by atomic mass is 10.1. The maximum Gasteiger partial charge on any atom is 0.225 e. The van der Waals surface area contributed by atoms with Crippen LogP contribution in [0.4, 0.5) is 0 Å². The van der Waals surface area contributed by atoms with Crippen LogP contribution in [0.5, 0.6) is 0 Å². The minimum absolute atomic E-state index is 0.00617. The predicted molar refractivity (Wildman–Crippen MR) is 41.8 cm³/mol. The normalized spacial score (nSPS) is 35.1. The van der Waals surface area contributed by atoms with Crippen molar-refractivity contribution in [1.82, 2.24) is 0 Å². The zero-order chi connectivity index (χ0) is 7.94.